The monoisotopic (exact) mass is 554 g/mol. The molecule has 1 amide bonds. The maximum absolute atomic E-state index is 13.1. The van der Waals surface area contributed by atoms with Crippen LogP contribution in [-0.4, -0.2) is 92.5 Å². The Morgan fingerprint density at radius 2 is 2.09 bits per heavy atom. The van der Waals surface area contributed by atoms with Crippen molar-refractivity contribution in [2.24, 2.45) is 4.99 Å². The van der Waals surface area contributed by atoms with E-state index < -0.39 is 25.9 Å². The first-order valence-corrected chi connectivity index (χ1v) is 16.2. The zero-order valence-corrected chi connectivity index (χ0v) is 22.3. The number of thiophene rings is 1. The minimum absolute atomic E-state index is 0.00820. The molecule has 1 aliphatic carbocycles. The number of sulfone groups is 1. The standard InChI is InChI=1S/C22H26N4O5S4/c1-25(35(30,31)20-6-3-9-32-20)18-5-2-4-15-12-17(24-21(15)18)22-23-14-16(33-22)13-19(27)26-7-10-34(28,29)11-8-26/h2-6,9,12,16,18,21,24H,7-8,10-11,13-14H2,1H3. The van der Waals surface area contributed by atoms with Crippen molar-refractivity contribution in [1.29, 1.82) is 0 Å². The molecule has 1 saturated heterocycles. The van der Waals surface area contributed by atoms with Gasteiger partial charge < -0.3 is 10.2 Å². The fourth-order valence-electron chi connectivity index (χ4n) is 4.50. The summed E-state index contributed by atoms with van der Waals surface area (Å²) in [4.78, 5) is 18.9. The summed E-state index contributed by atoms with van der Waals surface area (Å²) in [6, 6.07) is 2.72. The second-order valence-electron chi connectivity index (χ2n) is 8.80. The number of rotatable bonds is 6. The normalized spacial score (nSPS) is 27.8. The van der Waals surface area contributed by atoms with E-state index in [1.165, 1.54) is 27.4 Å². The Hall–Kier alpha value is -1.93. The van der Waals surface area contributed by atoms with Crippen LogP contribution in [-0.2, 0) is 24.7 Å². The lowest BCUT2D eigenvalue weighted by atomic mass is 9.96. The predicted molar refractivity (Wildman–Crippen MR) is 139 cm³/mol. The van der Waals surface area contributed by atoms with E-state index in [4.69, 9.17) is 0 Å². The third-order valence-electron chi connectivity index (χ3n) is 6.51. The van der Waals surface area contributed by atoms with E-state index in [0.717, 1.165) is 16.3 Å². The molecule has 0 radical (unpaired) electrons. The summed E-state index contributed by atoms with van der Waals surface area (Å²) in [5.74, 6) is 0.0119. The summed E-state index contributed by atoms with van der Waals surface area (Å²) in [5, 5.41) is 6.00. The van der Waals surface area contributed by atoms with Gasteiger partial charge in [-0.2, -0.15) is 4.31 Å². The summed E-state index contributed by atoms with van der Waals surface area (Å²) >= 11 is 2.73. The summed E-state index contributed by atoms with van der Waals surface area (Å²) in [6.45, 7) is 1.02. The molecule has 1 fully saturated rings. The molecule has 0 saturated carbocycles. The molecule has 4 aliphatic rings. The number of carbonyl (C=O) groups is 1. The summed E-state index contributed by atoms with van der Waals surface area (Å²) < 4.78 is 51.1. The number of amides is 1. The highest BCUT2D eigenvalue weighted by Gasteiger charge is 2.39. The number of likely N-dealkylation sites (N-methyl/N-ethyl adjacent to an activating group) is 1. The molecular weight excluding hydrogens is 529 g/mol. The number of hydrogen-bond donors (Lipinski definition) is 1. The maximum Gasteiger partial charge on any atom is 0.252 e. The highest BCUT2D eigenvalue weighted by Crippen LogP contribution is 2.34. The molecule has 13 heteroatoms. The van der Waals surface area contributed by atoms with Crippen LogP contribution in [0.5, 0.6) is 0 Å². The number of carbonyl (C=O) groups excluding carboxylic acids is 1. The summed E-state index contributed by atoms with van der Waals surface area (Å²) in [6.07, 6.45) is 8.04. The molecule has 0 bridgehead atoms. The van der Waals surface area contributed by atoms with Crippen molar-refractivity contribution in [3.05, 3.63) is 53.1 Å². The van der Waals surface area contributed by atoms with Gasteiger partial charge in [-0.1, -0.05) is 36.1 Å². The van der Waals surface area contributed by atoms with Crippen LogP contribution >= 0.6 is 23.1 Å². The molecule has 3 unspecified atom stereocenters. The van der Waals surface area contributed by atoms with Crippen LogP contribution in [0.3, 0.4) is 0 Å². The van der Waals surface area contributed by atoms with Crippen LogP contribution in [0.15, 0.2) is 62.3 Å². The van der Waals surface area contributed by atoms with E-state index in [-0.39, 0.29) is 41.8 Å². The third kappa shape index (κ3) is 5.01. The lowest BCUT2D eigenvalue weighted by Crippen LogP contribution is -2.49. The number of thioether (sulfide) groups is 1. The van der Waals surface area contributed by atoms with Crippen molar-refractivity contribution in [2.45, 2.75) is 28.0 Å². The SMILES string of the molecule is CN(C1C=CC=C2C=C(C3=NCC(CC(=O)N4CCS(=O)(=O)CC4)S3)NC21)S(=O)(=O)c1cccs1. The van der Waals surface area contributed by atoms with Crippen LogP contribution in [0.1, 0.15) is 6.42 Å². The molecule has 0 spiro atoms. The average molecular weight is 555 g/mol. The van der Waals surface area contributed by atoms with Crippen molar-refractivity contribution in [1.82, 2.24) is 14.5 Å². The average Bonchev–Trinajstić information content (AvgIpc) is 3.58. The van der Waals surface area contributed by atoms with Gasteiger partial charge in [-0.3, -0.25) is 9.79 Å². The Kier molecular flexibility index (Phi) is 6.72. The third-order valence-corrected chi connectivity index (χ3v) is 12.6. The number of allylic oxidation sites excluding steroid dienone is 2. The quantitative estimate of drug-likeness (QED) is 0.563. The molecule has 5 rings (SSSR count). The number of sulfonamides is 1. The Morgan fingerprint density at radius 1 is 1.31 bits per heavy atom. The molecule has 3 atom stereocenters. The van der Waals surface area contributed by atoms with Gasteiger partial charge in [0.15, 0.2) is 9.84 Å². The number of aliphatic imine (C=N–C) groups is 1. The second-order valence-corrected chi connectivity index (χ2v) is 15.6. The van der Waals surface area contributed by atoms with Gasteiger partial charge in [-0.05, 0) is 23.1 Å². The second kappa shape index (κ2) is 9.51. The smallest absolute Gasteiger partial charge is 0.252 e. The Labute approximate surface area is 213 Å². The zero-order valence-electron chi connectivity index (χ0n) is 19.0. The van der Waals surface area contributed by atoms with E-state index >= 15 is 0 Å². The van der Waals surface area contributed by atoms with Crippen LogP contribution in [0, 0.1) is 0 Å². The van der Waals surface area contributed by atoms with Gasteiger partial charge in [0.1, 0.15) is 9.25 Å². The summed E-state index contributed by atoms with van der Waals surface area (Å²) in [5.41, 5.74) is 1.82. The first-order valence-electron chi connectivity index (χ1n) is 11.2. The van der Waals surface area contributed by atoms with E-state index in [2.05, 4.69) is 10.3 Å². The minimum Gasteiger partial charge on any atom is -0.374 e. The van der Waals surface area contributed by atoms with Gasteiger partial charge in [0.05, 0.1) is 35.8 Å². The molecule has 188 valence electrons. The van der Waals surface area contributed by atoms with Crippen molar-refractivity contribution in [2.75, 3.05) is 38.2 Å². The maximum atomic E-state index is 13.1. The van der Waals surface area contributed by atoms with E-state index in [0.29, 0.717) is 17.2 Å². The Balaban J connectivity index is 1.21. The Bertz CT molecular complexity index is 1330. The number of nitrogens with zero attached hydrogens (tertiary/aromatic N) is 3. The fourth-order valence-corrected chi connectivity index (χ4v) is 9.29. The van der Waals surface area contributed by atoms with Gasteiger partial charge in [0, 0.05) is 31.8 Å². The van der Waals surface area contributed by atoms with Crippen LogP contribution in [0.25, 0.3) is 0 Å². The molecule has 9 nitrogen and oxygen atoms in total. The van der Waals surface area contributed by atoms with Crippen LogP contribution in [0.4, 0.5) is 0 Å². The first kappa shape index (κ1) is 24.8. The zero-order chi connectivity index (χ0) is 24.8. The van der Waals surface area contributed by atoms with Crippen molar-refractivity contribution in [3.8, 4) is 0 Å². The minimum atomic E-state index is -3.62. The molecular formula is C22H26N4O5S4. The largest absolute Gasteiger partial charge is 0.374 e. The van der Waals surface area contributed by atoms with Crippen LogP contribution < -0.4 is 5.32 Å². The molecule has 35 heavy (non-hydrogen) atoms. The molecule has 1 aromatic heterocycles. The lowest BCUT2D eigenvalue weighted by Gasteiger charge is -2.32. The topological polar surface area (TPSA) is 116 Å². The van der Waals surface area contributed by atoms with Crippen molar-refractivity contribution >= 4 is 53.9 Å². The lowest BCUT2D eigenvalue weighted by molar-refractivity contribution is -0.130. The van der Waals surface area contributed by atoms with E-state index in [1.54, 1.807) is 29.5 Å². The summed E-state index contributed by atoms with van der Waals surface area (Å²) in [7, 11) is -5.04. The predicted octanol–water partition coefficient (Wildman–Crippen LogP) is 1.25. The van der Waals surface area contributed by atoms with E-state index in [9.17, 15) is 21.6 Å². The number of hydrogen-bond acceptors (Lipinski definition) is 9. The Morgan fingerprint density at radius 3 is 2.80 bits per heavy atom. The van der Waals surface area contributed by atoms with Crippen LogP contribution in [0.2, 0.25) is 0 Å². The highest BCUT2D eigenvalue weighted by atomic mass is 32.2. The van der Waals surface area contributed by atoms with E-state index in [1.807, 2.05) is 24.3 Å². The van der Waals surface area contributed by atoms with Gasteiger partial charge in [0.2, 0.25) is 5.91 Å². The molecule has 1 N–H and O–H groups in total. The molecule has 1 aromatic rings. The van der Waals surface area contributed by atoms with Crippen molar-refractivity contribution < 1.29 is 21.6 Å². The molecule has 4 heterocycles. The number of fused-ring (bicyclic) bond motifs is 1. The molecule has 3 aliphatic heterocycles. The van der Waals surface area contributed by atoms with Gasteiger partial charge in [-0.25, -0.2) is 16.8 Å². The number of nitrogens with one attached hydrogen (secondary N) is 1. The first-order chi connectivity index (χ1) is 16.6. The van der Waals surface area contributed by atoms with Gasteiger partial charge in [-0.15, -0.1) is 11.3 Å². The fraction of sp³-hybridized carbons (Fsp3) is 0.455. The van der Waals surface area contributed by atoms with Gasteiger partial charge in [0.25, 0.3) is 10.0 Å². The molecule has 0 aromatic carbocycles. The van der Waals surface area contributed by atoms with Crippen molar-refractivity contribution in [3.63, 3.8) is 0 Å². The van der Waals surface area contributed by atoms with Gasteiger partial charge >= 0.3 is 0 Å². The highest BCUT2D eigenvalue weighted by molar-refractivity contribution is 8.15.